The Morgan fingerprint density at radius 1 is 0.952 bits per heavy atom. The molecule has 9 heteroatoms. The van der Waals surface area contributed by atoms with Crippen LogP contribution in [0, 0.1) is 12.8 Å². The van der Waals surface area contributed by atoms with Gasteiger partial charge in [0, 0.05) is 23.9 Å². The minimum atomic E-state index is -3.77. The second-order valence-corrected chi connectivity index (χ2v) is 12.5. The molecule has 0 atom stereocenters. The smallest absolute Gasteiger partial charge is 0.296 e. The van der Waals surface area contributed by atoms with Gasteiger partial charge in [-0.05, 0) is 68.4 Å². The zero-order chi connectivity index (χ0) is 29.1. The van der Waals surface area contributed by atoms with E-state index < -0.39 is 10.1 Å². The fourth-order valence-corrected chi connectivity index (χ4v) is 6.57. The summed E-state index contributed by atoms with van der Waals surface area (Å²) < 4.78 is 38.9. The van der Waals surface area contributed by atoms with Crippen LogP contribution in [0.3, 0.4) is 0 Å². The third-order valence-corrected chi connectivity index (χ3v) is 9.24. The quantitative estimate of drug-likeness (QED) is 0.196. The maximum absolute atomic E-state index is 12.7. The summed E-state index contributed by atoms with van der Waals surface area (Å²) in [6.07, 6.45) is 7.06. The molecule has 0 amide bonds. The van der Waals surface area contributed by atoms with Gasteiger partial charge in [-0.1, -0.05) is 60.2 Å². The van der Waals surface area contributed by atoms with Gasteiger partial charge in [-0.3, -0.25) is 8.58 Å². The van der Waals surface area contributed by atoms with Gasteiger partial charge in [0.1, 0.15) is 35.2 Å². The van der Waals surface area contributed by atoms with Crippen LogP contribution in [0.25, 0.3) is 16.8 Å². The number of aromatic nitrogens is 3. The van der Waals surface area contributed by atoms with E-state index in [1.54, 1.807) is 30.5 Å². The number of ether oxygens (including phenoxy) is 1. The van der Waals surface area contributed by atoms with Gasteiger partial charge in [0.25, 0.3) is 10.1 Å². The molecule has 42 heavy (non-hydrogen) atoms. The highest BCUT2D eigenvalue weighted by atomic mass is 32.2. The van der Waals surface area contributed by atoms with Crippen LogP contribution in [-0.2, 0) is 20.9 Å². The number of rotatable bonds is 9. The van der Waals surface area contributed by atoms with Crippen LogP contribution in [0.2, 0.25) is 0 Å². The molecule has 1 saturated carbocycles. The fraction of sp³-hybridized carbons (Fsp3) is 0.273. The fourth-order valence-electron chi connectivity index (χ4n) is 5.60. The van der Waals surface area contributed by atoms with Crippen molar-refractivity contribution >= 4 is 21.5 Å². The summed E-state index contributed by atoms with van der Waals surface area (Å²) in [6.45, 7) is 2.58. The van der Waals surface area contributed by atoms with Crippen molar-refractivity contribution in [2.75, 3.05) is 12.3 Å². The van der Waals surface area contributed by atoms with Crippen LogP contribution in [-0.4, -0.2) is 29.4 Å². The number of benzene rings is 3. The van der Waals surface area contributed by atoms with Crippen LogP contribution in [0.1, 0.15) is 48.6 Å². The van der Waals surface area contributed by atoms with Crippen LogP contribution in [0.15, 0.2) is 96.2 Å². The Labute approximate surface area is 246 Å². The monoisotopic (exact) mass is 582 g/mol. The molecule has 0 aliphatic heterocycles. The third kappa shape index (κ3) is 6.03. The lowest BCUT2D eigenvalue weighted by Gasteiger charge is -2.27. The molecule has 1 aliphatic rings. The number of anilines is 1. The Balaban J connectivity index is 1.17. The van der Waals surface area contributed by atoms with Gasteiger partial charge < -0.3 is 10.5 Å². The van der Waals surface area contributed by atoms with E-state index in [0.29, 0.717) is 12.4 Å². The molecule has 1 fully saturated rings. The average molecular weight is 583 g/mol. The Morgan fingerprint density at radius 3 is 2.48 bits per heavy atom. The van der Waals surface area contributed by atoms with Crippen LogP contribution in [0.4, 0.5) is 5.82 Å². The van der Waals surface area contributed by atoms with Crippen molar-refractivity contribution in [3.8, 4) is 17.0 Å². The second-order valence-electron chi connectivity index (χ2n) is 10.9. The predicted octanol–water partition coefficient (Wildman–Crippen LogP) is 6.55. The van der Waals surface area contributed by atoms with Gasteiger partial charge in [0.2, 0.25) is 0 Å². The zero-order valence-electron chi connectivity index (χ0n) is 23.5. The summed E-state index contributed by atoms with van der Waals surface area (Å²) in [5, 5.41) is 0. The van der Waals surface area contributed by atoms with Crippen LogP contribution < -0.4 is 10.5 Å². The molecule has 3 aromatic carbocycles. The van der Waals surface area contributed by atoms with E-state index in [2.05, 4.69) is 9.38 Å². The topological polar surface area (TPSA) is 109 Å². The molecule has 2 aromatic heterocycles. The molecule has 6 rings (SSSR count). The van der Waals surface area contributed by atoms with Gasteiger partial charge >= 0.3 is 0 Å². The first-order valence-electron chi connectivity index (χ1n) is 14.2. The molecule has 0 saturated heterocycles. The molecule has 1 aliphatic carbocycles. The molecule has 0 unspecified atom stereocenters. The molecular formula is C33H34N4O4S. The van der Waals surface area contributed by atoms with Crippen molar-refractivity contribution in [3.05, 3.63) is 108 Å². The highest BCUT2D eigenvalue weighted by Gasteiger charge is 2.29. The van der Waals surface area contributed by atoms with E-state index in [0.717, 1.165) is 65.2 Å². The maximum Gasteiger partial charge on any atom is 0.296 e. The molecule has 216 valence electrons. The molecule has 0 spiro atoms. The Morgan fingerprint density at radius 2 is 1.71 bits per heavy atom. The van der Waals surface area contributed by atoms with Gasteiger partial charge in [-0.2, -0.15) is 8.42 Å². The number of fused-ring (bicyclic) bond motifs is 1. The van der Waals surface area contributed by atoms with E-state index in [-0.39, 0.29) is 23.3 Å². The first-order chi connectivity index (χ1) is 20.4. The van der Waals surface area contributed by atoms with Gasteiger partial charge in [-0.25, -0.2) is 9.97 Å². The first-order valence-corrected chi connectivity index (χ1v) is 15.6. The third-order valence-electron chi connectivity index (χ3n) is 7.95. The maximum atomic E-state index is 12.7. The molecular weight excluding hydrogens is 548 g/mol. The molecule has 0 bridgehead atoms. The summed E-state index contributed by atoms with van der Waals surface area (Å²) in [6, 6.07) is 24.7. The number of nitrogen functional groups attached to an aromatic ring is 1. The summed E-state index contributed by atoms with van der Waals surface area (Å²) in [5.41, 5.74) is 11.0. The molecule has 2 heterocycles. The summed E-state index contributed by atoms with van der Waals surface area (Å²) in [7, 11) is -3.77. The Kier molecular flexibility index (Phi) is 7.95. The van der Waals surface area contributed by atoms with Gasteiger partial charge in [0.05, 0.1) is 11.5 Å². The summed E-state index contributed by atoms with van der Waals surface area (Å²) in [5.74, 6) is 2.48. The average Bonchev–Trinajstić information content (AvgIpc) is 3.41. The number of nitrogens with zero attached hydrogens (tertiary/aromatic N) is 3. The van der Waals surface area contributed by atoms with Crippen molar-refractivity contribution in [3.63, 3.8) is 0 Å². The second kappa shape index (κ2) is 12.0. The normalized spacial score (nSPS) is 17.4. The van der Waals surface area contributed by atoms with E-state index in [1.807, 2.05) is 67.7 Å². The zero-order valence-corrected chi connectivity index (χ0v) is 24.3. The number of aryl methyl sites for hydroxylation is 1. The first kappa shape index (κ1) is 27.9. The number of hydrogen-bond acceptors (Lipinski definition) is 7. The lowest BCUT2D eigenvalue weighted by Crippen LogP contribution is -2.21. The molecule has 0 radical (unpaired) electrons. The Hall–Kier alpha value is -4.21. The Bertz CT molecular complexity index is 1780. The van der Waals surface area contributed by atoms with E-state index in [9.17, 15) is 8.42 Å². The van der Waals surface area contributed by atoms with Crippen molar-refractivity contribution in [2.24, 2.45) is 5.92 Å². The summed E-state index contributed by atoms with van der Waals surface area (Å²) in [4.78, 5) is 9.67. The lowest BCUT2D eigenvalue weighted by atomic mass is 9.82. The highest BCUT2D eigenvalue weighted by molar-refractivity contribution is 7.86. The predicted molar refractivity (Wildman–Crippen MR) is 163 cm³/mol. The largest absolute Gasteiger partial charge is 0.489 e. The minimum Gasteiger partial charge on any atom is -0.489 e. The van der Waals surface area contributed by atoms with E-state index in [4.69, 9.17) is 19.6 Å². The van der Waals surface area contributed by atoms with Crippen molar-refractivity contribution in [1.82, 2.24) is 14.4 Å². The van der Waals surface area contributed by atoms with Crippen molar-refractivity contribution in [1.29, 1.82) is 0 Å². The molecule has 5 aromatic rings. The van der Waals surface area contributed by atoms with Gasteiger partial charge in [0.15, 0.2) is 0 Å². The minimum absolute atomic E-state index is 0.164. The summed E-state index contributed by atoms with van der Waals surface area (Å²) >= 11 is 0. The number of hydrogen-bond donors (Lipinski definition) is 1. The molecule has 2 N–H and O–H groups in total. The van der Waals surface area contributed by atoms with E-state index >= 15 is 0 Å². The standard InChI is InChI=1S/C33H34N4O4S/c1-23-10-16-29(17-11-23)42(38,39)41-22-25-12-14-26(15-13-25)33-36-30(31-32(34)35-18-19-37(31)33)27-8-5-9-28(20-27)40-21-24-6-3-2-4-7-24/h2-11,16-20,25-26H,12-15,21-22H2,1H3,(H2,34,35)/t25-,26-. The number of nitrogens with two attached hydrogens (primary N) is 1. The highest BCUT2D eigenvalue weighted by Crippen LogP contribution is 2.39. The lowest BCUT2D eigenvalue weighted by molar-refractivity contribution is 0.203. The van der Waals surface area contributed by atoms with Crippen molar-refractivity contribution in [2.45, 2.75) is 50.0 Å². The van der Waals surface area contributed by atoms with Crippen LogP contribution >= 0.6 is 0 Å². The van der Waals surface area contributed by atoms with E-state index in [1.165, 1.54) is 0 Å². The molecule has 8 nitrogen and oxygen atoms in total. The van der Waals surface area contributed by atoms with Gasteiger partial charge in [-0.15, -0.1) is 0 Å². The van der Waals surface area contributed by atoms with Crippen LogP contribution in [0.5, 0.6) is 5.75 Å². The SMILES string of the molecule is Cc1ccc(S(=O)(=O)OC[C@H]2CC[C@H](c3nc(-c4cccc(OCc5ccccc5)c4)c4c(N)nccn43)CC2)cc1. The van der Waals surface area contributed by atoms with Crippen molar-refractivity contribution < 1.29 is 17.3 Å². The number of imidazole rings is 1.